The quantitative estimate of drug-likeness (QED) is 0.926. The first kappa shape index (κ1) is 13.0. The number of nitrogens with one attached hydrogen (secondary N) is 1. The van der Waals surface area contributed by atoms with E-state index in [1.54, 1.807) is 0 Å². The summed E-state index contributed by atoms with van der Waals surface area (Å²) >= 11 is 3.49. The molecule has 0 saturated heterocycles. The van der Waals surface area contributed by atoms with Crippen molar-refractivity contribution in [2.75, 3.05) is 11.9 Å². The molecule has 0 saturated carbocycles. The van der Waals surface area contributed by atoms with Crippen molar-refractivity contribution in [2.24, 2.45) is 0 Å². The maximum absolute atomic E-state index is 4.58. The number of halogens is 1. The van der Waals surface area contributed by atoms with E-state index in [-0.39, 0.29) is 0 Å². The van der Waals surface area contributed by atoms with Crippen molar-refractivity contribution >= 4 is 21.9 Å². The molecule has 0 aliphatic carbocycles. The van der Waals surface area contributed by atoms with E-state index in [2.05, 4.69) is 50.3 Å². The molecular weight excluding hydrogens is 290 g/mol. The first-order chi connectivity index (χ1) is 8.70. The zero-order valence-corrected chi connectivity index (χ0v) is 12.2. The molecule has 0 amide bonds. The summed E-state index contributed by atoms with van der Waals surface area (Å²) in [6.07, 6.45) is 2.92. The van der Waals surface area contributed by atoms with Gasteiger partial charge >= 0.3 is 0 Å². The van der Waals surface area contributed by atoms with Gasteiger partial charge in [0.1, 0.15) is 0 Å². The topological polar surface area (TPSA) is 37.8 Å². The molecule has 3 nitrogen and oxygen atoms in total. The monoisotopic (exact) mass is 305 g/mol. The second kappa shape index (κ2) is 5.96. The largest absolute Gasteiger partial charge is 0.354 e. The smallest absolute Gasteiger partial charge is 0.223 e. The number of rotatable bonds is 4. The summed E-state index contributed by atoms with van der Waals surface area (Å²) in [7, 11) is 0. The number of hydrogen-bond acceptors (Lipinski definition) is 3. The zero-order valence-electron chi connectivity index (χ0n) is 10.6. The highest BCUT2D eigenvalue weighted by molar-refractivity contribution is 9.10. The van der Waals surface area contributed by atoms with Crippen molar-refractivity contribution in [2.45, 2.75) is 20.3 Å². The van der Waals surface area contributed by atoms with Gasteiger partial charge in [0.15, 0.2) is 0 Å². The molecule has 2 rings (SSSR count). The Morgan fingerprint density at radius 1 is 1.33 bits per heavy atom. The maximum atomic E-state index is 4.58. The van der Waals surface area contributed by atoms with Crippen molar-refractivity contribution in [1.82, 2.24) is 9.97 Å². The van der Waals surface area contributed by atoms with E-state index in [0.717, 1.165) is 34.3 Å². The van der Waals surface area contributed by atoms with Gasteiger partial charge in [-0.3, -0.25) is 0 Å². The van der Waals surface area contributed by atoms with E-state index in [1.165, 1.54) is 0 Å². The minimum atomic E-state index is 0.692. The third-order valence-corrected chi connectivity index (χ3v) is 3.10. The molecule has 0 spiro atoms. The third kappa shape index (κ3) is 3.07. The molecule has 0 radical (unpaired) electrons. The van der Waals surface area contributed by atoms with Gasteiger partial charge in [-0.25, -0.2) is 9.97 Å². The molecule has 0 aliphatic rings. The lowest BCUT2D eigenvalue weighted by molar-refractivity contribution is 0.951. The number of benzene rings is 1. The predicted octanol–water partition coefficient (Wildman–Crippen LogP) is 4.04. The Labute approximate surface area is 116 Å². The summed E-state index contributed by atoms with van der Waals surface area (Å²) in [6, 6.07) is 8.15. The Morgan fingerprint density at radius 2 is 2.17 bits per heavy atom. The molecule has 1 N–H and O–H groups in total. The Hall–Kier alpha value is -1.42. The molecular formula is C14H16BrN3. The lowest BCUT2D eigenvalue weighted by Crippen LogP contribution is -2.05. The van der Waals surface area contributed by atoms with Gasteiger partial charge in [0.05, 0.1) is 5.69 Å². The van der Waals surface area contributed by atoms with E-state index in [4.69, 9.17) is 0 Å². The van der Waals surface area contributed by atoms with Crippen LogP contribution >= 0.6 is 15.9 Å². The molecule has 94 valence electrons. The molecule has 0 aliphatic heterocycles. The molecule has 4 heteroatoms. The lowest BCUT2D eigenvalue weighted by Gasteiger charge is -2.08. The van der Waals surface area contributed by atoms with Crippen LogP contribution in [0.2, 0.25) is 0 Å². The Kier molecular flexibility index (Phi) is 4.31. The Bertz CT molecular complexity index is 540. The van der Waals surface area contributed by atoms with Crippen LogP contribution in [0.5, 0.6) is 0 Å². The van der Waals surface area contributed by atoms with Gasteiger partial charge in [-0.2, -0.15) is 0 Å². The van der Waals surface area contributed by atoms with Gasteiger partial charge in [0.2, 0.25) is 5.95 Å². The molecule has 0 fully saturated rings. The van der Waals surface area contributed by atoms with Crippen LogP contribution < -0.4 is 5.32 Å². The Balaban J connectivity index is 2.37. The number of aryl methyl sites for hydroxylation is 1. The zero-order chi connectivity index (χ0) is 13.0. The van der Waals surface area contributed by atoms with Crippen LogP contribution in [0.3, 0.4) is 0 Å². The van der Waals surface area contributed by atoms with Crippen LogP contribution in [0.1, 0.15) is 18.9 Å². The fourth-order valence-electron chi connectivity index (χ4n) is 1.69. The average Bonchev–Trinajstić information content (AvgIpc) is 2.38. The van der Waals surface area contributed by atoms with Gasteiger partial charge in [-0.05, 0) is 31.0 Å². The molecule has 1 heterocycles. The highest BCUT2D eigenvalue weighted by Gasteiger charge is 2.06. The minimum absolute atomic E-state index is 0.692. The summed E-state index contributed by atoms with van der Waals surface area (Å²) in [5.74, 6) is 0.692. The van der Waals surface area contributed by atoms with Crippen LogP contribution in [0.4, 0.5) is 5.95 Å². The summed E-state index contributed by atoms with van der Waals surface area (Å²) in [4.78, 5) is 8.87. The molecule has 1 aromatic heterocycles. The van der Waals surface area contributed by atoms with Crippen LogP contribution in [0.15, 0.2) is 34.9 Å². The van der Waals surface area contributed by atoms with Crippen LogP contribution in [-0.2, 0) is 0 Å². The van der Waals surface area contributed by atoms with Gasteiger partial charge in [-0.1, -0.05) is 35.0 Å². The highest BCUT2D eigenvalue weighted by atomic mass is 79.9. The van der Waals surface area contributed by atoms with Gasteiger partial charge < -0.3 is 5.32 Å². The molecule has 0 bridgehead atoms. The molecule has 2 aromatic rings. The Morgan fingerprint density at radius 3 is 2.89 bits per heavy atom. The normalized spacial score (nSPS) is 10.4. The van der Waals surface area contributed by atoms with E-state index < -0.39 is 0 Å². The summed E-state index contributed by atoms with van der Waals surface area (Å²) in [5.41, 5.74) is 3.16. The number of hydrogen-bond donors (Lipinski definition) is 1. The van der Waals surface area contributed by atoms with Gasteiger partial charge in [0, 0.05) is 22.8 Å². The summed E-state index contributed by atoms with van der Waals surface area (Å²) in [6.45, 7) is 5.04. The fourth-order valence-corrected chi connectivity index (χ4v) is 2.09. The second-order valence-corrected chi connectivity index (χ2v) is 5.08. The predicted molar refractivity (Wildman–Crippen MR) is 78.7 cm³/mol. The fraction of sp³-hybridized carbons (Fsp3) is 0.286. The van der Waals surface area contributed by atoms with E-state index in [0.29, 0.717) is 5.95 Å². The SMILES string of the molecule is CCCNc1ncc(C)c(-c2cccc(Br)c2)n1. The minimum Gasteiger partial charge on any atom is -0.354 e. The first-order valence-corrected chi connectivity index (χ1v) is 6.83. The van der Waals surface area contributed by atoms with E-state index in [9.17, 15) is 0 Å². The standard InChI is InChI=1S/C14H16BrN3/c1-3-7-16-14-17-9-10(2)13(18-14)11-5-4-6-12(15)8-11/h4-6,8-9H,3,7H2,1-2H3,(H,16,17,18). The molecule has 0 unspecified atom stereocenters. The van der Waals surface area contributed by atoms with Crippen molar-refractivity contribution in [3.63, 3.8) is 0 Å². The number of nitrogens with zero attached hydrogens (tertiary/aromatic N) is 2. The lowest BCUT2D eigenvalue weighted by atomic mass is 10.1. The van der Waals surface area contributed by atoms with Crippen molar-refractivity contribution < 1.29 is 0 Å². The molecule has 0 atom stereocenters. The first-order valence-electron chi connectivity index (χ1n) is 6.04. The maximum Gasteiger partial charge on any atom is 0.223 e. The molecule has 1 aromatic carbocycles. The van der Waals surface area contributed by atoms with Gasteiger partial charge in [0.25, 0.3) is 0 Å². The van der Waals surface area contributed by atoms with Gasteiger partial charge in [-0.15, -0.1) is 0 Å². The number of aromatic nitrogens is 2. The van der Waals surface area contributed by atoms with Crippen LogP contribution in [0.25, 0.3) is 11.3 Å². The van der Waals surface area contributed by atoms with Crippen molar-refractivity contribution in [3.05, 3.63) is 40.5 Å². The van der Waals surface area contributed by atoms with E-state index >= 15 is 0 Å². The molecule has 18 heavy (non-hydrogen) atoms. The summed E-state index contributed by atoms with van der Waals surface area (Å²) in [5, 5.41) is 3.21. The number of anilines is 1. The summed E-state index contributed by atoms with van der Waals surface area (Å²) < 4.78 is 1.06. The van der Waals surface area contributed by atoms with Crippen molar-refractivity contribution in [3.8, 4) is 11.3 Å². The average molecular weight is 306 g/mol. The van der Waals surface area contributed by atoms with Crippen LogP contribution in [0, 0.1) is 6.92 Å². The highest BCUT2D eigenvalue weighted by Crippen LogP contribution is 2.24. The van der Waals surface area contributed by atoms with Crippen LogP contribution in [-0.4, -0.2) is 16.5 Å². The third-order valence-electron chi connectivity index (χ3n) is 2.60. The second-order valence-electron chi connectivity index (χ2n) is 4.16. The van der Waals surface area contributed by atoms with Crippen molar-refractivity contribution in [1.29, 1.82) is 0 Å². The van der Waals surface area contributed by atoms with E-state index in [1.807, 2.05) is 25.3 Å².